The highest BCUT2D eigenvalue weighted by molar-refractivity contribution is 9.10. The van der Waals surface area contributed by atoms with Gasteiger partial charge in [-0.05, 0) is 36.8 Å². The van der Waals surface area contributed by atoms with Crippen LogP contribution in [0, 0.1) is 0 Å². The summed E-state index contributed by atoms with van der Waals surface area (Å²) in [5.41, 5.74) is 0.860. The largest absolute Gasteiger partial charge is 0.482 e. The molecule has 3 nitrogen and oxygen atoms in total. The Kier molecular flexibility index (Phi) is 6.12. The van der Waals surface area contributed by atoms with Crippen LogP contribution in [0.25, 0.3) is 0 Å². The first-order chi connectivity index (χ1) is 10.5. The standard InChI is InChI=1S/C16H14BrCl2NO2/c1-10(12-4-2-3-5-13(12)18)20-16(21)9-22-15-7-6-11(17)8-14(15)19/h2-8,10H,9H2,1H3,(H,20,21)/t10-/m1/s1. The number of nitrogens with one attached hydrogen (secondary N) is 1. The molecule has 2 rings (SSSR count). The maximum Gasteiger partial charge on any atom is 0.258 e. The summed E-state index contributed by atoms with van der Waals surface area (Å²) in [5, 5.41) is 3.90. The molecule has 1 amide bonds. The van der Waals surface area contributed by atoms with E-state index in [1.165, 1.54) is 0 Å². The molecule has 0 heterocycles. The third-order valence-electron chi connectivity index (χ3n) is 3.00. The molecule has 6 heteroatoms. The van der Waals surface area contributed by atoms with Gasteiger partial charge in [0.05, 0.1) is 11.1 Å². The Labute approximate surface area is 147 Å². The normalized spacial score (nSPS) is 11.8. The van der Waals surface area contributed by atoms with Crippen molar-refractivity contribution in [3.8, 4) is 5.75 Å². The number of ether oxygens (including phenoxy) is 1. The van der Waals surface area contributed by atoms with Crippen LogP contribution in [0.1, 0.15) is 18.5 Å². The minimum atomic E-state index is -0.244. The molecule has 0 saturated heterocycles. The topological polar surface area (TPSA) is 38.3 Å². The molecule has 0 aromatic heterocycles. The summed E-state index contributed by atoms with van der Waals surface area (Å²) in [6.45, 7) is 1.75. The maximum absolute atomic E-state index is 12.0. The molecule has 1 atom stereocenters. The van der Waals surface area contributed by atoms with E-state index < -0.39 is 0 Å². The van der Waals surface area contributed by atoms with Crippen molar-refractivity contribution < 1.29 is 9.53 Å². The third-order valence-corrected chi connectivity index (χ3v) is 4.13. The molecule has 0 unspecified atom stereocenters. The molecule has 0 spiro atoms. The Morgan fingerprint density at radius 1 is 1.23 bits per heavy atom. The molecule has 0 bridgehead atoms. The van der Waals surface area contributed by atoms with Crippen molar-refractivity contribution in [2.45, 2.75) is 13.0 Å². The van der Waals surface area contributed by atoms with Crippen molar-refractivity contribution in [1.82, 2.24) is 5.32 Å². The third kappa shape index (κ3) is 4.63. The van der Waals surface area contributed by atoms with Crippen molar-refractivity contribution in [2.24, 2.45) is 0 Å². The van der Waals surface area contributed by atoms with Gasteiger partial charge in [-0.25, -0.2) is 0 Å². The number of hydrogen-bond donors (Lipinski definition) is 1. The van der Waals surface area contributed by atoms with Crippen LogP contribution in [-0.2, 0) is 4.79 Å². The lowest BCUT2D eigenvalue weighted by Gasteiger charge is -2.16. The van der Waals surface area contributed by atoms with Gasteiger partial charge in [-0.2, -0.15) is 0 Å². The second-order valence-electron chi connectivity index (χ2n) is 4.67. The van der Waals surface area contributed by atoms with Crippen molar-refractivity contribution in [1.29, 1.82) is 0 Å². The van der Waals surface area contributed by atoms with Gasteiger partial charge in [0.1, 0.15) is 5.75 Å². The zero-order valence-electron chi connectivity index (χ0n) is 11.8. The number of rotatable bonds is 5. The number of amides is 1. The van der Waals surface area contributed by atoms with Crippen molar-refractivity contribution in [3.63, 3.8) is 0 Å². The minimum Gasteiger partial charge on any atom is -0.482 e. The first-order valence-corrected chi connectivity index (χ1v) is 8.14. The smallest absolute Gasteiger partial charge is 0.258 e. The van der Waals surface area contributed by atoms with Gasteiger partial charge in [0.25, 0.3) is 5.91 Å². The number of carbonyl (C=O) groups excluding carboxylic acids is 1. The van der Waals surface area contributed by atoms with E-state index in [0.717, 1.165) is 10.0 Å². The van der Waals surface area contributed by atoms with Gasteiger partial charge in [0.2, 0.25) is 0 Å². The predicted molar refractivity (Wildman–Crippen MR) is 92.7 cm³/mol. The fourth-order valence-corrected chi connectivity index (χ4v) is 2.95. The average molecular weight is 403 g/mol. The molecule has 116 valence electrons. The molecule has 22 heavy (non-hydrogen) atoms. The minimum absolute atomic E-state index is 0.115. The van der Waals surface area contributed by atoms with Crippen LogP contribution in [-0.4, -0.2) is 12.5 Å². The van der Waals surface area contributed by atoms with E-state index in [0.29, 0.717) is 15.8 Å². The van der Waals surface area contributed by atoms with E-state index in [1.54, 1.807) is 24.3 Å². The second-order valence-corrected chi connectivity index (χ2v) is 6.40. The molecular weight excluding hydrogens is 389 g/mol. The quantitative estimate of drug-likeness (QED) is 0.762. The van der Waals surface area contributed by atoms with E-state index in [4.69, 9.17) is 27.9 Å². The maximum atomic E-state index is 12.0. The van der Waals surface area contributed by atoms with Crippen molar-refractivity contribution in [3.05, 3.63) is 62.5 Å². The van der Waals surface area contributed by atoms with Crippen LogP contribution in [0.15, 0.2) is 46.9 Å². The SMILES string of the molecule is C[C@@H](NC(=O)COc1ccc(Br)cc1Cl)c1ccccc1Cl. The van der Waals surface area contributed by atoms with Gasteiger partial charge < -0.3 is 10.1 Å². The van der Waals surface area contributed by atoms with E-state index in [1.807, 2.05) is 25.1 Å². The highest BCUT2D eigenvalue weighted by atomic mass is 79.9. The second kappa shape index (κ2) is 7.86. The summed E-state index contributed by atoms with van der Waals surface area (Å²) in [4.78, 5) is 12.0. The lowest BCUT2D eigenvalue weighted by molar-refractivity contribution is -0.123. The fraction of sp³-hybridized carbons (Fsp3) is 0.188. The fourth-order valence-electron chi connectivity index (χ4n) is 1.92. The van der Waals surface area contributed by atoms with Crippen molar-refractivity contribution >= 4 is 45.0 Å². The summed E-state index contributed by atoms with van der Waals surface area (Å²) < 4.78 is 6.27. The van der Waals surface area contributed by atoms with Crippen LogP contribution in [0.3, 0.4) is 0 Å². The Morgan fingerprint density at radius 2 is 1.95 bits per heavy atom. The van der Waals surface area contributed by atoms with Crippen LogP contribution >= 0.6 is 39.1 Å². The van der Waals surface area contributed by atoms with Gasteiger partial charge in [-0.3, -0.25) is 4.79 Å². The Morgan fingerprint density at radius 3 is 2.64 bits per heavy atom. The lowest BCUT2D eigenvalue weighted by atomic mass is 10.1. The van der Waals surface area contributed by atoms with Crippen molar-refractivity contribution in [2.75, 3.05) is 6.61 Å². The summed E-state index contributed by atoms with van der Waals surface area (Å²) in [5.74, 6) is 0.219. The van der Waals surface area contributed by atoms with E-state index in [9.17, 15) is 4.79 Å². The average Bonchev–Trinajstić information content (AvgIpc) is 2.46. The molecular formula is C16H14BrCl2NO2. The molecule has 0 aliphatic rings. The number of halogens is 3. The zero-order valence-corrected chi connectivity index (χ0v) is 14.9. The Hall–Kier alpha value is -1.23. The summed E-state index contributed by atoms with van der Waals surface area (Å²) in [7, 11) is 0. The molecule has 0 radical (unpaired) electrons. The first-order valence-electron chi connectivity index (χ1n) is 6.59. The molecule has 1 N–H and O–H groups in total. The van der Waals surface area contributed by atoms with Crippen LogP contribution in [0.4, 0.5) is 0 Å². The summed E-state index contributed by atoms with van der Waals surface area (Å²) in [6, 6.07) is 12.4. The van der Waals surface area contributed by atoms with E-state index >= 15 is 0 Å². The summed E-state index contributed by atoms with van der Waals surface area (Å²) in [6.07, 6.45) is 0. The van der Waals surface area contributed by atoms with Crippen LogP contribution < -0.4 is 10.1 Å². The zero-order chi connectivity index (χ0) is 16.1. The summed E-state index contributed by atoms with van der Waals surface area (Å²) >= 11 is 15.4. The lowest BCUT2D eigenvalue weighted by Crippen LogP contribution is -2.31. The highest BCUT2D eigenvalue weighted by Gasteiger charge is 2.13. The molecule has 0 aliphatic heterocycles. The van der Waals surface area contributed by atoms with E-state index in [-0.39, 0.29) is 18.6 Å². The number of carbonyl (C=O) groups is 1. The van der Waals surface area contributed by atoms with Gasteiger partial charge in [-0.15, -0.1) is 0 Å². The molecule has 0 aliphatic carbocycles. The predicted octanol–water partition coefficient (Wildman–Crippen LogP) is 5.01. The molecule has 0 fully saturated rings. The monoisotopic (exact) mass is 401 g/mol. The van der Waals surface area contributed by atoms with E-state index in [2.05, 4.69) is 21.2 Å². The Balaban J connectivity index is 1.92. The number of hydrogen-bond acceptors (Lipinski definition) is 2. The van der Waals surface area contributed by atoms with Crippen LogP contribution in [0.2, 0.25) is 10.0 Å². The molecule has 0 saturated carbocycles. The highest BCUT2D eigenvalue weighted by Crippen LogP contribution is 2.27. The van der Waals surface area contributed by atoms with Gasteiger partial charge >= 0.3 is 0 Å². The number of benzene rings is 2. The Bertz CT molecular complexity index is 679. The van der Waals surface area contributed by atoms with Gasteiger partial charge in [-0.1, -0.05) is 57.3 Å². The van der Waals surface area contributed by atoms with Gasteiger partial charge in [0, 0.05) is 9.50 Å². The first kappa shape index (κ1) is 17.1. The molecule has 2 aromatic rings. The molecule has 2 aromatic carbocycles. The van der Waals surface area contributed by atoms with Gasteiger partial charge in [0.15, 0.2) is 6.61 Å². The van der Waals surface area contributed by atoms with Crippen LogP contribution in [0.5, 0.6) is 5.75 Å².